The molecule has 2 heterocycles. The van der Waals surface area contributed by atoms with Gasteiger partial charge in [-0.15, -0.1) is 0 Å². The van der Waals surface area contributed by atoms with Gasteiger partial charge in [-0.05, 0) is 52.1 Å². The largest absolute Gasteiger partial charge is 0.520 e. The minimum absolute atomic E-state index is 0.0421. The monoisotopic (exact) mass is 374 g/mol. The van der Waals surface area contributed by atoms with Crippen LogP contribution in [0.3, 0.4) is 0 Å². The fraction of sp³-hybridized carbons (Fsp3) is 0.867. The molecule has 0 saturated carbocycles. The maximum absolute atomic E-state index is 11.8. The fourth-order valence-electron chi connectivity index (χ4n) is 2.76. The first-order valence-corrected chi connectivity index (χ1v) is 16.3. The molecule has 0 amide bonds. The average molecular weight is 375 g/mol. The molecule has 3 atom stereocenters. The first kappa shape index (κ1) is 18.9. The average Bonchev–Trinajstić information content (AvgIpc) is 2.85. The summed E-state index contributed by atoms with van der Waals surface area (Å²) in [5, 5.41) is 3.91. The Labute approximate surface area is 146 Å². The van der Waals surface area contributed by atoms with Gasteiger partial charge < -0.3 is 14.2 Å². The number of rotatable bonds is 6. The topological polar surface area (TPSA) is 59.9 Å². The Hall–Kier alpha value is -0.476. The van der Waals surface area contributed by atoms with Gasteiger partial charge in [-0.3, -0.25) is 4.79 Å². The number of fused-ring (bicyclic) bond motifs is 1. The molecule has 2 aliphatic heterocycles. The van der Waals surface area contributed by atoms with Crippen LogP contribution in [0.15, 0.2) is 4.99 Å². The van der Waals surface area contributed by atoms with Gasteiger partial charge in [0, 0.05) is 17.4 Å². The van der Waals surface area contributed by atoms with E-state index in [1.165, 1.54) is 0 Å². The minimum Gasteiger partial charge on any atom is -0.520 e. The summed E-state index contributed by atoms with van der Waals surface area (Å²) in [5.41, 5.74) is 0. The van der Waals surface area contributed by atoms with Crippen LogP contribution in [0.5, 0.6) is 0 Å². The second-order valence-electron chi connectivity index (χ2n) is 8.24. The van der Waals surface area contributed by atoms with Crippen molar-refractivity contribution < 1.29 is 13.6 Å². The highest BCUT2D eigenvalue weighted by molar-refractivity contribution is 8.00. The molecule has 8 heteroatoms. The summed E-state index contributed by atoms with van der Waals surface area (Å²) in [4.78, 5) is 16.6. The van der Waals surface area contributed by atoms with E-state index in [-0.39, 0.29) is 5.97 Å². The second kappa shape index (κ2) is 7.18. The van der Waals surface area contributed by atoms with Gasteiger partial charge in [-0.25, -0.2) is 4.99 Å². The molecule has 0 unspecified atom stereocenters. The van der Waals surface area contributed by atoms with E-state index in [2.05, 4.69) is 25.0 Å². The van der Waals surface area contributed by atoms with Crippen molar-refractivity contribution in [3.63, 3.8) is 0 Å². The lowest BCUT2D eigenvalue weighted by atomic mass is 10.0. The van der Waals surface area contributed by atoms with Crippen LogP contribution in [-0.2, 0) is 13.6 Å². The van der Waals surface area contributed by atoms with Crippen molar-refractivity contribution in [1.29, 1.82) is 0 Å². The van der Waals surface area contributed by atoms with E-state index >= 15 is 0 Å². The molecule has 0 aromatic heterocycles. The lowest BCUT2D eigenvalue weighted by Gasteiger charge is -2.19. The summed E-state index contributed by atoms with van der Waals surface area (Å²) in [7, 11) is -3.37. The Morgan fingerprint density at radius 2 is 1.96 bits per heavy atom. The highest BCUT2D eigenvalue weighted by atomic mass is 32.2. The van der Waals surface area contributed by atoms with Crippen LogP contribution in [0.1, 0.15) is 19.3 Å². The number of nitrogens with zero attached hydrogens (tertiary/aromatic N) is 1. The third-order valence-electron chi connectivity index (χ3n) is 3.55. The Morgan fingerprint density at radius 1 is 1.26 bits per heavy atom. The van der Waals surface area contributed by atoms with Crippen LogP contribution < -0.4 is 5.32 Å². The van der Waals surface area contributed by atoms with E-state index < -0.39 is 16.6 Å². The van der Waals surface area contributed by atoms with Crippen LogP contribution in [0, 0.1) is 0 Å². The molecular weight excluding hydrogens is 344 g/mol. The summed E-state index contributed by atoms with van der Waals surface area (Å²) in [5.74, 6) is 1.02. The second-order valence-corrected chi connectivity index (χ2v) is 18.4. The standard InChI is InChI=1S/C15H30N2O3SSi2/c1-22(2,3)19-13(18)9-7-8-12-14-11(10-21-12)16-15(17-14)20-23(4,5)6/h11-12,14H,7-10H2,1-6H3,(H,16,17)/t11-,12-,14-/m0/s1. The van der Waals surface area contributed by atoms with Gasteiger partial charge in [-0.1, -0.05) is 0 Å². The predicted molar refractivity (Wildman–Crippen MR) is 102 cm³/mol. The van der Waals surface area contributed by atoms with Gasteiger partial charge in [0.25, 0.3) is 12.0 Å². The van der Waals surface area contributed by atoms with Crippen molar-refractivity contribution in [2.75, 3.05) is 5.75 Å². The lowest BCUT2D eigenvalue weighted by molar-refractivity contribution is -0.135. The third-order valence-corrected chi connectivity index (χ3v) is 6.69. The van der Waals surface area contributed by atoms with Gasteiger partial charge in [0.05, 0.1) is 12.1 Å². The quantitative estimate of drug-likeness (QED) is 0.724. The number of hydrogen-bond donors (Lipinski definition) is 1. The molecular formula is C15H30N2O3SSi2. The smallest absolute Gasteiger partial charge is 0.292 e. The summed E-state index contributed by atoms with van der Waals surface area (Å²) < 4.78 is 11.5. The van der Waals surface area contributed by atoms with Gasteiger partial charge in [-0.2, -0.15) is 11.8 Å². The van der Waals surface area contributed by atoms with E-state index in [1.807, 2.05) is 31.4 Å². The van der Waals surface area contributed by atoms with Gasteiger partial charge in [0.15, 0.2) is 0 Å². The lowest BCUT2D eigenvalue weighted by Crippen LogP contribution is -2.40. The third kappa shape index (κ3) is 6.15. The van der Waals surface area contributed by atoms with Crippen LogP contribution in [0.2, 0.25) is 39.3 Å². The number of aliphatic imine (C=N–C) groups is 1. The van der Waals surface area contributed by atoms with Crippen molar-refractivity contribution >= 4 is 40.4 Å². The summed E-state index contributed by atoms with van der Waals surface area (Å²) in [6.45, 7) is 12.6. The Kier molecular flexibility index (Phi) is 5.89. The molecule has 0 aliphatic carbocycles. The van der Waals surface area contributed by atoms with Crippen molar-refractivity contribution in [2.24, 2.45) is 4.99 Å². The van der Waals surface area contributed by atoms with Gasteiger partial charge >= 0.3 is 0 Å². The highest BCUT2D eigenvalue weighted by Gasteiger charge is 2.42. The molecule has 1 saturated heterocycles. The molecule has 1 fully saturated rings. The maximum atomic E-state index is 11.8. The zero-order valence-electron chi connectivity index (χ0n) is 15.1. The Balaban J connectivity index is 1.78. The van der Waals surface area contributed by atoms with Gasteiger partial charge in [0.1, 0.15) is 0 Å². The zero-order chi connectivity index (χ0) is 17.3. The van der Waals surface area contributed by atoms with E-state index in [9.17, 15) is 4.79 Å². The normalized spacial score (nSPS) is 27.2. The number of nitrogens with one attached hydrogen (secondary N) is 1. The molecule has 0 aromatic carbocycles. The first-order valence-electron chi connectivity index (χ1n) is 8.40. The van der Waals surface area contributed by atoms with Crippen molar-refractivity contribution in [3.8, 4) is 0 Å². The van der Waals surface area contributed by atoms with Crippen LogP contribution in [0.4, 0.5) is 0 Å². The van der Waals surface area contributed by atoms with E-state index in [0.29, 0.717) is 23.8 Å². The number of hydrogen-bond acceptors (Lipinski definition) is 6. The molecule has 2 aliphatic rings. The predicted octanol–water partition coefficient (Wildman–Crippen LogP) is 3.20. The van der Waals surface area contributed by atoms with Crippen molar-refractivity contribution in [2.45, 2.75) is 75.9 Å². The number of carbonyl (C=O) groups is 1. The van der Waals surface area contributed by atoms with Crippen molar-refractivity contribution in [3.05, 3.63) is 0 Å². The molecule has 132 valence electrons. The molecule has 1 N–H and O–H groups in total. The van der Waals surface area contributed by atoms with E-state index in [0.717, 1.165) is 24.6 Å². The van der Waals surface area contributed by atoms with Gasteiger partial charge in [0.2, 0.25) is 16.6 Å². The Morgan fingerprint density at radius 3 is 2.57 bits per heavy atom. The summed E-state index contributed by atoms with van der Waals surface area (Å²) in [6.07, 6.45) is 2.41. The number of amidine groups is 1. The van der Waals surface area contributed by atoms with E-state index in [4.69, 9.17) is 13.8 Å². The SMILES string of the molecule is C[Si](C)(C)OC(=O)CCC[C@@H]1SC[C@@H]2NC(O[Si](C)(C)C)=N[C@@H]21. The highest BCUT2D eigenvalue weighted by Crippen LogP contribution is 2.35. The van der Waals surface area contributed by atoms with E-state index in [1.54, 1.807) is 0 Å². The van der Waals surface area contributed by atoms with Crippen LogP contribution in [0.25, 0.3) is 0 Å². The molecule has 0 bridgehead atoms. The van der Waals surface area contributed by atoms with Crippen LogP contribution >= 0.6 is 11.8 Å². The van der Waals surface area contributed by atoms with Crippen LogP contribution in [-0.4, -0.2) is 51.7 Å². The summed E-state index contributed by atoms with van der Waals surface area (Å²) >= 11 is 1.96. The van der Waals surface area contributed by atoms with Crippen molar-refractivity contribution in [1.82, 2.24) is 5.32 Å². The maximum Gasteiger partial charge on any atom is 0.292 e. The molecule has 2 rings (SSSR count). The number of thioether (sulfide) groups is 1. The fourth-order valence-corrected chi connectivity index (χ4v) is 5.75. The first-order chi connectivity index (χ1) is 10.5. The molecule has 23 heavy (non-hydrogen) atoms. The molecule has 5 nitrogen and oxygen atoms in total. The molecule has 0 radical (unpaired) electrons. The number of carbonyl (C=O) groups excluding carboxylic acids is 1. The molecule has 0 spiro atoms. The molecule has 0 aromatic rings. The Bertz CT molecular complexity index is 474. The minimum atomic E-state index is -1.75. The zero-order valence-corrected chi connectivity index (χ0v) is 18.0. The summed E-state index contributed by atoms with van der Waals surface area (Å²) in [6, 6.07) is 1.42.